The fraction of sp³-hybridized carbons (Fsp3) is 0.533. The molecule has 0 heterocycles. The molecule has 0 unspecified atom stereocenters. The Bertz CT molecular complexity index is 571. The minimum atomic E-state index is -0.789. The number of ether oxygens (including phenoxy) is 3. The van der Waals surface area contributed by atoms with Crippen molar-refractivity contribution in [2.45, 2.75) is 31.6 Å². The summed E-state index contributed by atoms with van der Waals surface area (Å²) >= 11 is 0. The zero-order valence-electron chi connectivity index (χ0n) is 13.2. The zero-order chi connectivity index (χ0) is 17.0. The minimum absolute atomic E-state index is 0.0783. The molecule has 0 radical (unpaired) electrons. The van der Waals surface area contributed by atoms with Crippen molar-refractivity contribution in [1.82, 2.24) is 5.32 Å². The van der Waals surface area contributed by atoms with Crippen molar-refractivity contribution in [3.05, 3.63) is 23.8 Å². The van der Waals surface area contributed by atoms with E-state index >= 15 is 0 Å². The summed E-state index contributed by atoms with van der Waals surface area (Å²) in [6, 6.07) is 0.848. The summed E-state index contributed by atoms with van der Waals surface area (Å²) in [7, 11) is 2.76. The van der Waals surface area contributed by atoms with Crippen LogP contribution >= 0.6 is 0 Å². The average Bonchev–Trinajstić information content (AvgIpc) is 2.49. The van der Waals surface area contributed by atoms with Gasteiger partial charge in [-0.1, -0.05) is 0 Å². The van der Waals surface area contributed by atoms with Crippen molar-refractivity contribution in [2.75, 3.05) is 26.1 Å². The summed E-state index contributed by atoms with van der Waals surface area (Å²) in [5.74, 6) is -1.78. The van der Waals surface area contributed by atoms with Crippen molar-refractivity contribution < 1.29 is 27.8 Å². The molecule has 0 aliphatic heterocycles. The van der Waals surface area contributed by atoms with Gasteiger partial charge in [0.15, 0.2) is 17.4 Å². The molecule has 0 aromatic heterocycles. The van der Waals surface area contributed by atoms with Crippen molar-refractivity contribution in [1.29, 1.82) is 0 Å². The highest BCUT2D eigenvalue weighted by molar-refractivity contribution is 5.89. The molecule has 1 aliphatic carbocycles. The number of methoxy groups -OCH3 is 2. The van der Waals surface area contributed by atoms with Crippen LogP contribution < -0.4 is 15.4 Å². The van der Waals surface area contributed by atoms with Gasteiger partial charge in [0.05, 0.1) is 24.9 Å². The van der Waals surface area contributed by atoms with E-state index in [0.29, 0.717) is 13.0 Å². The quantitative estimate of drug-likeness (QED) is 0.840. The highest BCUT2D eigenvalue weighted by Crippen LogP contribution is 2.28. The Labute approximate surface area is 133 Å². The lowest BCUT2D eigenvalue weighted by atomic mass is 9.85. The van der Waals surface area contributed by atoms with Gasteiger partial charge < -0.3 is 24.8 Å². The number of rotatable bonds is 6. The molecule has 1 aliphatic rings. The molecule has 8 heteroatoms. The molecule has 2 rings (SSSR count). The van der Waals surface area contributed by atoms with Gasteiger partial charge in [-0.05, 0) is 13.3 Å². The van der Waals surface area contributed by atoms with Crippen molar-refractivity contribution in [3.63, 3.8) is 0 Å². The number of hydrogen-bond donors (Lipinski definition) is 2. The van der Waals surface area contributed by atoms with E-state index in [1.807, 2.05) is 6.92 Å². The Balaban J connectivity index is 1.94. The Hall–Kier alpha value is -1.93. The predicted molar refractivity (Wildman–Crippen MR) is 79.7 cm³/mol. The largest absolute Gasteiger partial charge is 0.494 e. The molecule has 1 saturated carbocycles. The third-order valence-corrected chi connectivity index (χ3v) is 3.71. The molecule has 23 heavy (non-hydrogen) atoms. The summed E-state index contributed by atoms with van der Waals surface area (Å²) in [4.78, 5) is 11.9. The maximum Gasteiger partial charge on any atom is 0.319 e. The molecular weight excluding hydrogens is 310 g/mol. The van der Waals surface area contributed by atoms with Crippen molar-refractivity contribution in [3.8, 4) is 5.75 Å². The Morgan fingerprint density at radius 3 is 2.65 bits per heavy atom. The van der Waals surface area contributed by atoms with Gasteiger partial charge in [-0.3, -0.25) is 0 Å². The highest BCUT2D eigenvalue weighted by Gasteiger charge is 2.43. The fourth-order valence-corrected chi connectivity index (χ4v) is 2.52. The van der Waals surface area contributed by atoms with E-state index < -0.39 is 17.7 Å². The number of benzene rings is 1. The number of carbonyl (C=O) groups is 1. The Kier molecular flexibility index (Phi) is 5.73. The van der Waals surface area contributed by atoms with E-state index in [-0.39, 0.29) is 29.7 Å². The summed E-state index contributed by atoms with van der Waals surface area (Å²) in [6.45, 7) is 2.43. The molecule has 2 amide bonds. The van der Waals surface area contributed by atoms with Crippen LogP contribution in [0.25, 0.3) is 0 Å². The van der Waals surface area contributed by atoms with Gasteiger partial charge >= 0.3 is 6.03 Å². The van der Waals surface area contributed by atoms with E-state index in [0.717, 1.165) is 12.1 Å². The van der Waals surface area contributed by atoms with Crippen molar-refractivity contribution in [2.24, 2.45) is 0 Å². The van der Waals surface area contributed by atoms with E-state index in [1.165, 1.54) is 14.2 Å². The maximum absolute atomic E-state index is 13.8. The van der Waals surface area contributed by atoms with Crippen LogP contribution in [0, 0.1) is 11.6 Å². The van der Waals surface area contributed by atoms with E-state index in [9.17, 15) is 13.6 Å². The van der Waals surface area contributed by atoms with Gasteiger partial charge in [0.25, 0.3) is 0 Å². The first kappa shape index (κ1) is 17.4. The van der Waals surface area contributed by atoms with E-state index in [4.69, 9.17) is 9.47 Å². The van der Waals surface area contributed by atoms with Crippen LogP contribution in [0.3, 0.4) is 0 Å². The highest BCUT2D eigenvalue weighted by atomic mass is 19.1. The van der Waals surface area contributed by atoms with Crippen LogP contribution in [-0.4, -0.2) is 45.1 Å². The normalized spacial score (nSPS) is 23.1. The first-order chi connectivity index (χ1) is 11.0. The topological polar surface area (TPSA) is 68.8 Å². The van der Waals surface area contributed by atoms with Gasteiger partial charge in [-0.15, -0.1) is 0 Å². The van der Waals surface area contributed by atoms with Gasteiger partial charge in [0.1, 0.15) is 6.10 Å². The third-order valence-electron chi connectivity index (χ3n) is 3.71. The number of carbonyl (C=O) groups excluding carboxylic acids is 1. The van der Waals surface area contributed by atoms with Crippen LogP contribution in [0.2, 0.25) is 0 Å². The van der Waals surface area contributed by atoms with Gasteiger partial charge in [0.2, 0.25) is 0 Å². The van der Waals surface area contributed by atoms with Crippen LogP contribution in [0.5, 0.6) is 5.75 Å². The first-order valence-corrected chi connectivity index (χ1v) is 7.25. The summed E-state index contributed by atoms with van der Waals surface area (Å²) in [5, 5.41) is 4.93. The number of hydrogen-bond acceptors (Lipinski definition) is 4. The molecule has 1 aromatic rings. The van der Waals surface area contributed by atoms with Gasteiger partial charge in [-0.25, -0.2) is 13.6 Å². The molecule has 128 valence electrons. The predicted octanol–water partition coefficient (Wildman–Crippen LogP) is 2.29. The lowest BCUT2D eigenvalue weighted by Crippen LogP contribution is -2.61. The second-order valence-electron chi connectivity index (χ2n) is 5.10. The molecule has 1 aromatic carbocycles. The van der Waals surface area contributed by atoms with E-state index in [1.54, 1.807) is 0 Å². The molecule has 0 spiro atoms. The van der Waals surface area contributed by atoms with E-state index in [2.05, 4.69) is 15.4 Å². The SMILES string of the molecule is CCO[C@@H]1C[C@H](NC(=O)Nc2cc(F)c(OC)cc2F)[C@@H]1OC. The Morgan fingerprint density at radius 1 is 1.30 bits per heavy atom. The lowest BCUT2D eigenvalue weighted by molar-refractivity contribution is -0.128. The van der Waals surface area contributed by atoms with Crippen molar-refractivity contribution >= 4 is 11.7 Å². The molecule has 1 fully saturated rings. The molecule has 6 nitrogen and oxygen atoms in total. The smallest absolute Gasteiger partial charge is 0.319 e. The molecule has 0 saturated heterocycles. The lowest BCUT2D eigenvalue weighted by Gasteiger charge is -2.43. The second-order valence-corrected chi connectivity index (χ2v) is 5.10. The summed E-state index contributed by atoms with van der Waals surface area (Å²) in [5.41, 5.74) is -0.268. The minimum Gasteiger partial charge on any atom is -0.494 e. The molecule has 2 N–H and O–H groups in total. The number of urea groups is 1. The Morgan fingerprint density at radius 2 is 2.04 bits per heavy atom. The molecule has 3 atom stereocenters. The summed E-state index contributed by atoms with van der Waals surface area (Å²) < 4.78 is 42.7. The monoisotopic (exact) mass is 330 g/mol. The van der Waals surface area contributed by atoms with Crippen LogP contribution in [-0.2, 0) is 9.47 Å². The zero-order valence-corrected chi connectivity index (χ0v) is 13.2. The molecular formula is C15H20F2N2O4. The van der Waals surface area contributed by atoms with Crippen LogP contribution in [0.15, 0.2) is 12.1 Å². The number of anilines is 1. The van der Waals surface area contributed by atoms with Crippen LogP contribution in [0.4, 0.5) is 19.3 Å². The number of halogens is 2. The number of nitrogens with one attached hydrogen (secondary N) is 2. The second kappa shape index (κ2) is 7.56. The van der Waals surface area contributed by atoms with Gasteiger partial charge in [0, 0.05) is 25.8 Å². The fourth-order valence-electron chi connectivity index (χ4n) is 2.52. The first-order valence-electron chi connectivity index (χ1n) is 7.25. The van der Waals surface area contributed by atoms with Gasteiger partial charge in [-0.2, -0.15) is 0 Å². The summed E-state index contributed by atoms with van der Waals surface area (Å²) in [6.07, 6.45) is 0.253. The standard InChI is InChI=1S/C15H20F2N2O4/c1-4-23-13-7-11(14(13)22-3)19-15(20)18-10-5-9(17)12(21-2)6-8(10)16/h5-6,11,13-14H,4,7H2,1-3H3,(H2,18,19,20)/t11-,13+,14-/m0/s1. The maximum atomic E-state index is 13.8. The van der Waals surface area contributed by atoms with Crippen LogP contribution in [0.1, 0.15) is 13.3 Å². The average molecular weight is 330 g/mol. The number of amides is 2. The third kappa shape index (κ3) is 3.89. The molecule has 0 bridgehead atoms.